The minimum absolute atomic E-state index is 0.433. The van der Waals surface area contributed by atoms with Crippen LogP contribution in [0.5, 0.6) is 0 Å². The molecule has 0 spiro atoms. The van der Waals surface area contributed by atoms with Crippen LogP contribution in [0.4, 0.5) is 0 Å². The third-order valence-corrected chi connectivity index (χ3v) is 1.91. The number of rotatable bonds is 2. The van der Waals surface area contributed by atoms with E-state index in [4.69, 9.17) is 23.2 Å². The summed E-state index contributed by atoms with van der Waals surface area (Å²) in [6.45, 7) is 0. The molecule has 0 aliphatic rings. The zero-order chi connectivity index (χ0) is 9.84. The van der Waals surface area contributed by atoms with Gasteiger partial charge in [0, 0.05) is 21.7 Å². The maximum Gasteiger partial charge on any atom is 0.235 e. The second kappa shape index (κ2) is 4.25. The fraction of sp³-hybridized carbons (Fsp3) is 0. The van der Waals surface area contributed by atoms with Crippen molar-refractivity contribution in [1.82, 2.24) is 0 Å². The van der Waals surface area contributed by atoms with Crippen molar-refractivity contribution in [2.45, 2.75) is 0 Å². The Morgan fingerprint density at radius 2 is 2.08 bits per heavy atom. The Labute approximate surface area is 84.7 Å². The molecule has 1 rings (SSSR count). The van der Waals surface area contributed by atoms with Gasteiger partial charge in [-0.3, -0.25) is 10.1 Å². The molecule has 0 atom stereocenters. The van der Waals surface area contributed by atoms with Gasteiger partial charge >= 0.3 is 0 Å². The quantitative estimate of drug-likeness (QED) is 0.564. The Balaban J connectivity index is 3.00. The summed E-state index contributed by atoms with van der Waals surface area (Å²) in [6, 6.07) is 4.76. The Morgan fingerprint density at radius 3 is 2.69 bits per heavy atom. The summed E-state index contributed by atoms with van der Waals surface area (Å²) in [4.78, 5) is 9.45. The number of nitro groups is 1. The lowest BCUT2D eigenvalue weighted by Crippen LogP contribution is -1.83. The predicted octanol–water partition coefficient (Wildman–Crippen LogP) is 3.24. The fourth-order valence-electron chi connectivity index (χ4n) is 0.783. The summed E-state index contributed by atoms with van der Waals surface area (Å²) in [5, 5.41) is 10.9. The molecule has 1 aromatic carbocycles. The molecule has 3 nitrogen and oxygen atoms in total. The van der Waals surface area contributed by atoms with Crippen molar-refractivity contribution in [2.24, 2.45) is 0 Å². The Hall–Kier alpha value is -1.06. The molecule has 68 valence electrons. The van der Waals surface area contributed by atoms with Crippen molar-refractivity contribution >= 4 is 29.3 Å². The third-order valence-electron chi connectivity index (χ3n) is 1.33. The molecule has 0 saturated carbocycles. The number of nitrogens with zero attached hydrogens (tertiary/aromatic N) is 1. The molecule has 0 aliphatic carbocycles. The van der Waals surface area contributed by atoms with Crippen LogP contribution in [0.3, 0.4) is 0 Å². The first-order chi connectivity index (χ1) is 6.09. The summed E-state index contributed by atoms with van der Waals surface area (Å²) in [5.41, 5.74) is 0.533. The van der Waals surface area contributed by atoms with Gasteiger partial charge in [0.2, 0.25) is 6.20 Å². The average Bonchev–Trinajstić information content (AvgIpc) is 2.06. The van der Waals surface area contributed by atoms with Gasteiger partial charge in [0.25, 0.3) is 0 Å². The maximum atomic E-state index is 10.0. The lowest BCUT2D eigenvalue weighted by molar-refractivity contribution is -0.400. The fourth-order valence-corrected chi connectivity index (χ4v) is 1.14. The molecule has 0 radical (unpaired) electrons. The van der Waals surface area contributed by atoms with E-state index < -0.39 is 4.92 Å². The molecule has 0 fully saturated rings. The van der Waals surface area contributed by atoms with Gasteiger partial charge in [0.1, 0.15) is 0 Å². The van der Waals surface area contributed by atoms with Gasteiger partial charge in [-0.05, 0) is 18.2 Å². The molecule has 0 N–H and O–H groups in total. The predicted molar refractivity (Wildman–Crippen MR) is 52.5 cm³/mol. The molecule has 0 saturated heterocycles. The summed E-state index contributed by atoms with van der Waals surface area (Å²) in [5.74, 6) is 0. The van der Waals surface area contributed by atoms with E-state index in [1.807, 2.05) is 0 Å². The van der Waals surface area contributed by atoms with Crippen molar-refractivity contribution in [1.29, 1.82) is 0 Å². The highest BCUT2D eigenvalue weighted by Crippen LogP contribution is 2.21. The van der Waals surface area contributed by atoms with Crippen LogP contribution in [-0.4, -0.2) is 4.92 Å². The van der Waals surface area contributed by atoms with E-state index in [-0.39, 0.29) is 0 Å². The van der Waals surface area contributed by atoms with E-state index >= 15 is 0 Å². The Kier molecular flexibility index (Phi) is 3.28. The average molecular weight is 218 g/mol. The number of hydrogen-bond donors (Lipinski definition) is 0. The van der Waals surface area contributed by atoms with Crippen LogP contribution in [0.1, 0.15) is 5.56 Å². The highest BCUT2D eigenvalue weighted by Gasteiger charge is 1.98. The van der Waals surface area contributed by atoms with Crippen molar-refractivity contribution in [3.05, 3.63) is 50.1 Å². The van der Waals surface area contributed by atoms with Crippen LogP contribution in [0.15, 0.2) is 24.4 Å². The van der Waals surface area contributed by atoms with E-state index in [0.29, 0.717) is 15.6 Å². The first-order valence-corrected chi connectivity index (χ1v) is 4.12. The lowest BCUT2D eigenvalue weighted by Gasteiger charge is -1.96. The number of hydrogen-bond acceptors (Lipinski definition) is 2. The molecule has 1 aromatic rings. The van der Waals surface area contributed by atoms with Gasteiger partial charge in [0.15, 0.2) is 0 Å². The van der Waals surface area contributed by atoms with E-state index in [1.165, 1.54) is 6.08 Å². The SMILES string of the molecule is O=[N+]([O-])/C=C/c1cc(Cl)ccc1Cl. The van der Waals surface area contributed by atoms with Crippen LogP contribution in [-0.2, 0) is 0 Å². The first-order valence-electron chi connectivity index (χ1n) is 3.36. The number of halogens is 2. The largest absolute Gasteiger partial charge is 0.259 e. The second-order valence-corrected chi connectivity index (χ2v) is 3.11. The summed E-state index contributed by atoms with van der Waals surface area (Å²) < 4.78 is 0. The summed E-state index contributed by atoms with van der Waals surface area (Å²) >= 11 is 11.4. The van der Waals surface area contributed by atoms with E-state index in [9.17, 15) is 10.1 Å². The van der Waals surface area contributed by atoms with Gasteiger partial charge in [-0.1, -0.05) is 23.2 Å². The van der Waals surface area contributed by atoms with Crippen LogP contribution < -0.4 is 0 Å². The zero-order valence-corrected chi connectivity index (χ0v) is 7.92. The highest BCUT2D eigenvalue weighted by atomic mass is 35.5. The van der Waals surface area contributed by atoms with E-state index in [1.54, 1.807) is 18.2 Å². The van der Waals surface area contributed by atoms with Gasteiger partial charge in [-0.15, -0.1) is 0 Å². The molecular formula is C8H5Cl2NO2. The maximum absolute atomic E-state index is 10.0. The van der Waals surface area contributed by atoms with E-state index in [0.717, 1.165) is 6.20 Å². The summed E-state index contributed by atoms with van der Waals surface area (Å²) in [6.07, 6.45) is 2.12. The van der Waals surface area contributed by atoms with Crippen LogP contribution >= 0.6 is 23.2 Å². The number of benzene rings is 1. The Morgan fingerprint density at radius 1 is 1.38 bits per heavy atom. The van der Waals surface area contributed by atoms with Crippen molar-refractivity contribution in [2.75, 3.05) is 0 Å². The smallest absolute Gasteiger partial charge is 0.235 e. The van der Waals surface area contributed by atoms with Crippen molar-refractivity contribution in [3.63, 3.8) is 0 Å². The molecule has 0 amide bonds. The zero-order valence-electron chi connectivity index (χ0n) is 6.41. The van der Waals surface area contributed by atoms with Gasteiger partial charge < -0.3 is 0 Å². The van der Waals surface area contributed by atoms with Gasteiger partial charge in [-0.25, -0.2) is 0 Å². The molecule has 0 bridgehead atoms. The highest BCUT2D eigenvalue weighted by molar-refractivity contribution is 6.34. The normalized spacial score (nSPS) is 10.6. The first kappa shape index (κ1) is 10.0. The van der Waals surface area contributed by atoms with E-state index in [2.05, 4.69) is 0 Å². The molecule has 5 heteroatoms. The van der Waals surface area contributed by atoms with Gasteiger partial charge in [0.05, 0.1) is 4.92 Å². The minimum atomic E-state index is -0.558. The van der Waals surface area contributed by atoms with Crippen LogP contribution in [0.2, 0.25) is 10.0 Å². The molecule has 0 heterocycles. The molecule has 0 aliphatic heterocycles. The second-order valence-electron chi connectivity index (χ2n) is 2.27. The molecule has 0 unspecified atom stereocenters. The Bertz CT molecular complexity index is 363. The van der Waals surface area contributed by atoms with Gasteiger partial charge in [-0.2, -0.15) is 0 Å². The summed E-state index contributed by atoms with van der Waals surface area (Å²) in [7, 11) is 0. The van der Waals surface area contributed by atoms with Crippen LogP contribution in [0.25, 0.3) is 6.08 Å². The monoisotopic (exact) mass is 217 g/mol. The molecule has 13 heavy (non-hydrogen) atoms. The van der Waals surface area contributed by atoms with Crippen molar-refractivity contribution in [3.8, 4) is 0 Å². The molecule has 0 aromatic heterocycles. The topological polar surface area (TPSA) is 43.1 Å². The van der Waals surface area contributed by atoms with Crippen LogP contribution in [0, 0.1) is 10.1 Å². The minimum Gasteiger partial charge on any atom is -0.259 e. The molecular weight excluding hydrogens is 213 g/mol. The van der Waals surface area contributed by atoms with Crippen molar-refractivity contribution < 1.29 is 4.92 Å². The standard InChI is InChI=1S/C8H5Cl2NO2/c9-7-1-2-8(10)6(5-7)3-4-11(12)13/h1-5H/b4-3+. The third kappa shape index (κ3) is 3.05. The lowest BCUT2D eigenvalue weighted by atomic mass is 10.2.